The third-order valence-corrected chi connectivity index (χ3v) is 6.69. The molecule has 3 rings (SSSR count). The normalized spacial score (nSPS) is 13.8. The van der Waals surface area contributed by atoms with Crippen molar-refractivity contribution in [3.05, 3.63) is 47.0 Å². The Labute approximate surface area is 225 Å². The van der Waals surface area contributed by atoms with Crippen LogP contribution in [0.1, 0.15) is 26.7 Å². The van der Waals surface area contributed by atoms with E-state index >= 15 is 0 Å². The lowest BCUT2D eigenvalue weighted by Gasteiger charge is -2.22. The zero-order valence-electron chi connectivity index (χ0n) is 22.4. The number of esters is 1. The Kier molecular flexibility index (Phi) is 11.2. The zero-order chi connectivity index (χ0) is 28.3. The first kappa shape index (κ1) is 30.0. The summed E-state index contributed by atoms with van der Waals surface area (Å²) in [7, 11) is -0.404. The largest absolute Gasteiger partial charge is 0.465 e. The molecule has 2 heterocycles. The molecule has 0 amide bonds. The molecule has 0 saturated heterocycles. The monoisotopic (exact) mass is 563 g/mol. The lowest BCUT2D eigenvalue weighted by molar-refractivity contribution is -0.145. The summed E-state index contributed by atoms with van der Waals surface area (Å²) in [6, 6.07) is 7.52. The van der Waals surface area contributed by atoms with Crippen LogP contribution in [0.25, 0.3) is 11.2 Å². The number of nitrogens with zero attached hydrogens (tertiary/aromatic N) is 5. The number of aromatic nitrogens is 4. The van der Waals surface area contributed by atoms with Crippen molar-refractivity contribution in [2.75, 3.05) is 33.9 Å². The standard InChI is InChI=1S/C24H34N7O7P/c1-5-6-12-36-23(33)18(2)29-39(34,38-19-10-8-7-9-11-19)37-14-13-35-17-31-16-25-20-21(31)27-24(28-22(20)32)26-15-30(3)4/h7-11,15-16,18H,5-6,12-14,17H2,1-4H3,(H,29,34)(H,27,28,32)/b26-15+/t18-,39?/m0/s1. The topological polar surface area (TPSA) is 162 Å². The highest BCUT2D eigenvalue weighted by molar-refractivity contribution is 7.52. The highest BCUT2D eigenvalue weighted by Gasteiger charge is 2.32. The first-order chi connectivity index (χ1) is 18.7. The molecular weight excluding hydrogens is 529 g/mol. The highest BCUT2D eigenvalue weighted by Crippen LogP contribution is 2.44. The molecule has 0 fully saturated rings. The molecule has 0 bridgehead atoms. The quantitative estimate of drug-likeness (QED) is 0.0866. The molecule has 14 nitrogen and oxygen atoms in total. The molecule has 0 aliphatic heterocycles. The molecule has 0 spiro atoms. The fourth-order valence-electron chi connectivity index (χ4n) is 3.09. The van der Waals surface area contributed by atoms with Crippen molar-refractivity contribution in [1.29, 1.82) is 0 Å². The molecule has 2 aromatic heterocycles. The number of imidazole rings is 1. The maximum Gasteiger partial charge on any atom is 0.459 e. The molecule has 212 valence electrons. The number of nitrogens with one attached hydrogen (secondary N) is 2. The maximum atomic E-state index is 13.5. The molecule has 2 N–H and O–H groups in total. The van der Waals surface area contributed by atoms with E-state index in [-0.39, 0.29) is 38.0 Å². The molecule has 39 heavy (non-hydrogen) atoms. The number of carbonyl (C=O) groups is 1. The summed E-state index contributed by atoms with van der Waals surface area (Å²) in [6.07, 6.45) is 4.53. The molecule has 0 aliphatic rings. The number of aliphatic imine (C=N–C) groups is 1. The van der Waals surface area contributed by atoms with Gasteiger partial charge in [0.05, 0.1) is 32.5 Å². The Hall–Kier alpha value is -3.58. The highest BCUT2D eigenvalue weighted by atomic mass is 31.2. The van der Waals surface area contributed by atoms with Crippen LogP contribution >= 0.6 is 7.75 Å². The van der Waals surface area contributed by atoms with Gasteiger partial charge in [-0.1, -0.05) is 31.5 Å². The van der Waals surface area contributed by atoms with Crippen LogP contribution < -0.4 is 15.2 Å². The van der Waals surface area contributed by atoms with E-state index in [9.17, 15) is 14.2 Å². The number of unbranched alkanes of at least 4 members (excludes halogenated alkanes) is 1. The summed E-state index contributed by atoms with van der Waals surface area (Å²) in [5, 5.41) is 2.63. The molecular formula is C24H34N7O7P. The Morgan fingerprint density at radius 1 is 1.26 bits per heavy atom. The number of benzene rings is 1. The molecule has 1 aromatic carbocycles. The van der Waals surface area contributed by atoms with Gasteiger partial charge in [-0.05, 0) is 25.5 Å². The number of aromatic amines is 1. The molecule has 0 saturated carbocycles. The first-order valence-electron chi connectivity index (χ1n) is 12.4. The number of H-pyrrole nitrogens is 1. The molecule has 0 aliphatic carbocycles. The van der Waals surface area contributed by atoms with Crippen molar-refractivity contribution in [3.63, 3.8) is 0 Å². The van der Waals surface area contributed by atoms with E-state index in [2.05, 4.69) is 25.0 Å². The Bertz CT molecular complexity index is 1340. The van der Waals surface area contributed by atoms with Crippen LogP contribution in [-0.4, -0.2) is 76.7 Å². The molecule has 1 unspecified atom stereocenters. The van der Waals surface area contributed by atoms with Crippen molar-refractivity contribution in [3.8, 4) is 5.75 Å². The number of ether oxygens (including phenoxy) is 2. The van der Waals surface area contributed by atoms with Crippen LogP contribution in [0.2, 0.25) is 0 Å². The van der Waals surface area contributed by atoms with E-state index < -0.39 is 25.3 Å². The van der Waals surface area contributed by atoms with Crippen LogP contribution in [0.5, 0.6) is 5.75 Å². The van der Waals surface area contributed by atoms with E-state index in [4.69, 9.17) is 18.5 Å². The van der Waals surface area contributed by atoms with Gasteiger partial charge in [0.15, 0.2) is 11.2 Å². The van der Waals surface area contributed by atoms with Gasteiger partial charge in [0.1, 0.15) is 18.5 Å². The average molecular weight is 564 g/mol. The van der Waals surface area contributed by atoms with Gasteiger partial charge in [0.25, 0.3) is 5.56 Å². The van der Waals surface area contributed by atoms with Crippen LogP contribution in [0, 0.1) is 0 Å². The van der Waals surface area contributed by atoms with Gasteiger partial charge in [-0.25, -0.2) is 14.5 Å². The Morgan fingerprint density at radius 2 is 2.03 bits per heavy atom. The molecule has 0 radical (unpaired) electrons. The third-order valence-electron chi connectivity index (χ3n) is 5.01. The van der Waals surface area contributed by atoms with E-state index in [1.54, 1.807) is 49.3 Å². The fraction of sp³-hybridized carbons (Fsp3) is 0.458. The molecule has 3 aromatic rings. The third kappa shape index (κ3) is 9.29. The predicted molar refractivity (Wildman–Crippen MR) is 145 cm³/mol. The lowest BCUT2D eigenvalue weighted by atomic mass is 10.3. The maximum absolute atomic E-state index is 13.5. The van der Waals surface area contributed by atoms with Gasteiger partial charge in [-0.15, -0.1) is 0 Å². The zero-order valence-corrected chi connectivity index (χ0v) is 23.3. The van der Waals surface area contributed by atoms with Crippen LogP contribution in [0.15, 0.2) is 46.4 Å². The number of para-hydroxylation sites is 1. The predicted octanol–water partition coefficient (Wildman–Crippen LogP) is 2.84. The van der Waals surface area contributed by atoms with E-state index in [1.165, 1.54) is 24.2 Å². The minimum absolute atomic E-state index is 0.00759. The fourth-order valence-corrected chi connectivity index (χ4v) is 4.56. The van der Waals surface area contributed by atoms with Crippen LogP contribution in [-0.2, 0) is 30.1 Å². The number of hydrogen-bond acceptors (Lipinski definition) is 10. The minimum atomic E-state index is -3.99. The van der Waals surface area contributed by atoms with Gasteiger partial charge in [0.2, 0.25) is 5.95 Å². The number of fused-ring (bicyclic) bond motifs is 1. The van der Waals surface area contributed by atoms with Crippen LogP contribution in [0.3, 0.4) is 0 Å². The summed E-state index contributed by atoms with van der Waals surface area (Å²) in [4.78, 5) is 41.4. The Morgan fingerprint density at radius 3 is 2.74 bits per heavy atom. The van der Waals surface area contributed by atoms with Crippen molar-refractivity contribution in [2.45, 2.75) is 39.5 Å². The summed E-state index contributed by atoms with van der Waals surface area (Å²) in [6.45, 7) is 3.64. The molecule has 2 atom stereocenters. The second-order valence-electron chi connectivity index (χ2n) is 8.63. The second-order valence-corrected chi connectivity index (χ2v) is 10.3. The second kappa shape index (κ2) is 14.5. The van der Waals surface area contributed by atoms with Gasteiger partial charge in [0, 0.05) is 14.1 Å². The average Bonchev–Trinajstić information content (AvgIpc) is 3.31. The van der Waals surface area contributed by atoms with Crippen molar-refractivity contribution in [1.82, 2.24) is 29.5 Å². The van der Waals surface area contributed by atoms with E-state index in [0.29, 0.717) is 11.4 Å². The minimum Gasteiger partial charge on any atom is -0.465 e. The van der Waals surface area contributed by atoms with Crippen LogP contribution in [0.4, 0.5) is 5.95 Å². The van der Waals surface area contributed by atoms with E-state index in [1.807, 2.05) is 6.92 Å². The summed E-state index contributed by atoms with van der Waals surface area (Å²) in [5.41, 5.74) is 0.00423. The lowest BCUT2D eigenvalue weighted by Crippen LogP contribution is -2.35. The summed E-state index contributed by atoms with van der Waals surface area (Å²) < 4.78 is 37.0. The van der Waals surface area contributed by atoms with Gasteiger partial charge in [-0.2, -0.15) is 10.1 Å². The number of rotatable bonds is 16. The summed E-state index contributed by atoms with van der Waals surface area (Å²) >= 11 is 0. The molecule has 15 heteroatoms. The van der Waals surface area contributed by atoms with Gasteiger partial charge in [-0.3, -0.25) is 23.7 Å². The van der Waals surface area contributed by atoms with Crippen molar-refractivity contribution in [2.24, 2.45) is 4.99 Å². The van der Waals surface area contributed by atoms with E-state index in [0.717, 1.165) is 12.8 Å². The van der Waals surface area contributed by atoms with Crippen molar-refractivity contribution >= 4 is 37.2 Å². The Balaban J connectivity index is 1.60. The SMILES string of the molecule is CCCCOC(=O)[C@H](C)NP(=O)(OCCOCn1cnc2c(=O)[nH]c(/N=C/N(C)C)nc21)Oc1ccccc1. The van der Waals surface area contributed by atoms with Gasteiger partial charge >= 0.3 is 13.7 Å². The number of hydrogen-bond donors (Lipinski definition) is 2. The van der Waals surface area contributed by atoms with Crippen molar-refractivity contribution < 1.29 is 27.9 Å². The smallest absolute Gasteiger partial charge is 0.459 e. The first-order valence-corrected chi connectivity index (χ1v) is 13.9. The number of carbonyl (C=O) groups excluding carboxylic acids is 1. The van der Waals surface area contributed by atoms with Gasteiger partial charge < -0.3 is 18.9 Å². The summed E-state index contributed by atoms with van der Waals surface area (Å²) in [5.74, 6) is -0.141.